The Morgan fingerprint density at radius 2 is 2.00 bits per heavy atom. The Labute approximate surface area is 122 Å². The lowest BCUT2D eigenvalue weighted by Crippen LogP contribution is -2.04. The van der Waals surface area contributed by atoms with Gasteiger partial charge in [0.05, 0.1) is 15.1 Å². The number of aromatic hydroxyl groups is 1. The van der Waals surface area contributed by atoms with Crippen LogP contribution in [0.25, 0.3) is 10.2 Å². The zero-order valence-corrected chi connectivity index (χ0v) is 11.3. The molecule has 0 fully saturated rings. The second-order valence-corrected chi connectivity index (χ2v) is 5.31. The van der Waals surface area contributed by atoms with Gasteiger partial charge >= 0.3 is 0 Å². The minimum absolute atomic E-state index is 0.00535. The van der Waals surface area contributed by atoms with Gasteiger partial charge in [0.2, 0.25) is 5.78 Å². The summed E-state index contributed by atoms with van der Waals surface area (Å²) in [7, 11) is 0. The predicted octanol–water partition coefficient (Wildman–Crippen LogP) is 3.14. The van der Waals surface area contributed by atoms with Crippen LogP contribution in [0.1, 0.15) is 15.4 Å². The van der Waals surface area contributed by atoms with E-state index in [9.17, 15) is 20.0 Å². The first kappa shape index (κ1) is 13.2. The number of nitrogens with zero attached hydrogens (tertiary/aromatic N) is 2. The van der Waals surface area contributed by atoms with Crippen LogP contribution in [0.15, 0.2) is 42.5 Å². The van der Waals surface area contributed by atoms with E-state index in [0.717, 1.165) is 11.3 Å². The Kier molecular flexibility index (Phi) is 3.11. The number of phenols is 1. The minimum Gasteiger partial charge on any atom is -0.508 e. The van der Waals surface area contributed by atoms with Gasteiger partial charge in [-0.25, -0.2) is 4.98 Å². The molecular weight excluding hydrogens is 292 g/mol. The lowest BCUT2D eigenvalue weighted by atomic mass is 10.1. The number of aromatic nitrogens is 1. The molecular formula is C14H8N2O4S. The first-order chi connectivity index (χ1) is 10.1. The second-order valence-electron chi connectivity index (χ2n) is 4.27. The third-order valence-corrected chi connectivity index (χ3v) is 3.93. The summed E-state index contributed by atoms with van der Waals surface area (Å²) < 4.78 is 0.650. The molecule has 0 bridgehead atoms. The molecule has 0 saturated carbocycles. The maximum absolute atomic E-state index is 12.4. The number of nitro groups is 1. The van der Waals surface area contributed by atoms with Crippen molar-refractivity contribution in [2.45, 2.75) is 0 Å². The number of carbonyl (C=O) groups excluding carboxylic acids is 1. The fourth-order valence-electron chi connectivity index (χ4n) is 1.95. The first-order valence-electron chi connectivity index (χ1n) is 5.94. The lowest BCUT2D eigenvalue weighted by Gasteiger charge is -1.98. The molecule has 0 aliphatic carbocycles. The van der Waals surface area contributed by atoms with Gasteiger partial charge in [-0.3, -0.25) is 14.9 Å². The molecule has 21 heavy (non-hydrogen) atoms. The summed E-state index contributed by atoms with van der Waals surface area (Å²) in [6.45, 7) is 0. The summed E-state index contributed by atoms with van der Waals surface area (Å²) in [4.78, 5) is 27.0. The zero-order chi connectivity index (χ0) is 15.0. The summed E-state index contributed by atoms with van der Waals surface area (Å²) >= 11 is 1.09. The van der Waals surface area contributed by atoms with Crippen molar-refractivity contribution in [2.24, 2.45) is 0 Å². The summed E-state index contributed by atoms with van der Waals surface area (Å²) in [5.74, 6) is -0.418. The van der Waals surface area contributed by atoms with E-state index < -0.39 is 10.7 Å². The van der Waals surface area contributed by atoms with E-state index in [1.165, 1.54) is 30.3 Å². The van der Waals surface area contributed by atoms with Gasteiger partial charge < -0.3 is 5.11 Å². The summed E-state index contributed by atoms with van der Waals surface area (Å²) in [6, 6.07) is 10.3. The van der Waals surface area contributed by atoms with E-state index >= 15 is 0 Å². The number of ketones is 1. The van der Waals surface area contributed by atoms with Crippen molar-refractivity contribution in [3.05, 3.63) is 63.1 Å². The number of carbonyl (C=O) groups is 1. The highest BCUT2D eigenvalue weighted by Crippen LogP contribution is 2.29. The van der Waals surface area contributed by atoms with Crippen LogP contribution >= 0.6 is 11.3 Å². The number of para-hydroxylation sites is 1. The number of hydrogen-bond donors (Lipinski definition) is 1. The van der Waals surface area contributed by atoms with Crippen LogP contribution in [0, 0.1) is 10.1 Å². The average Bonchev–Trinajstić information content (AvgIpc) is 2.89. The van der Waals surface area contributed by atoms with Crippen LogP contribution in [0.3, 0.4) is 0 Å². The van der Waals surface area contributed by atoms with Crippen LogP contribution in [-0.4, -0.2) is 20.8 Å². The van der Waals surface area contributed by atoms with Crippen molar-refractivity contribution in [1.82, 2.24) is 4.98 Å². The van der Waals surface area contributed by atoms with Crippen LogP contribution in [0.4, 0.5) is 5.69 Å². The highest BCUT2D eigenvalue weighted by Gasteiger charge is 2.23. The number of fused-ring (bicyclic) bond motifs is 1. The molecule has 0 unspecified atom stereocenters. The summed E-state index contributed by atoms with van der Waals surface area (Å²) in [5.41, 5.74) is 0.329. The van der Waals surface area contributed by atoms with Gasteiger partial charge in [-0.1, -0.05) is 12.1 Å². The molecule has 7 heteroatoms. The van der Waals surface area contributed by atoms with Crippen molar-refractivity contribution in [2.75, 3.05) is 0 Å². The third-order valence-electron chi connectivity index (χ3n) is 2.91. The van der Waals surface area contributed by atoms with E-state index in [0.29, 0.717) is 10.2 Å². The number of benzene rings is 2. The fourth-order valence-corrected chi connectivity index (χ4v) is 2.90. The van der Waals surface area contributed by atoms with E-state index in [4.69, 9.17) is 0 Å². The fraction of sp³-hybridized carbons (Fsp3) is 0. The molecule has 1 N–H and O–H groups in total. The summed E-state index contributed by atoms with van der Waals surface area (Å²) in [5, 5.41) is 20.6. The molecule has 3 rings (SSSR count). The van der Waals surface area contributed by atoms with Gasteiger partial charge in [0.1, 0.15) is 11.3 Å². The molecule has 0 aliphatic heterocycles. The summed E-state index contributed by atoms with van der Waals surface area (Å²) in [6.07, 6.45) is 0. The van der Waals surface area contributed by atoms with E-state index in [2.05, 4.69) is 4.98 Å². The molecule has 0 spiro atoms. The van der Waals surface area contributed by atoms with Crippen molar-refractivity contribution >= 4 is 33.0 Å². The quantitative estimate of drug-likeness (QED) is 0.455. The minimum atomic E-state index is -0.591. The number of phenolic OH excluding ortho intramolecular Hbond substituents is 1. The third kappa shape index (κ3) is 2.34. The Morgan fingerprint density at radius 3 is 2.76 bits per heavy atom. The largest absolute Gasteiger partial charge is 0.508 e. The molecule has 0 aliphatic rings. The van der Waals surface area contributed by atoms with Gasteiger partial charge in [0, 0.05) is 6.07 Å². The normalized spacial score (nSPS) is 10.7. The van der Waals surface area contributed by atoms with Crippen LogP contribution in [-0.2, 0) is 0 Å². The van der Waals surface area contributed by atoms with Crippen molar-refractivity contribution in [3.8, 4) is 5.75 Å². The lowest BCUT2D eigenvalue weighted by molar-refractivity contribution is -0.385. The SMILES string of the molecule is O=C(c1nc2ccc(O)cc2s1)c1ccccc1[N+](=O)[O-]. The second kappa shape index (κ2) is 4.95. The Hall–Kier alpha value is -2.80. The monoisotopic (exact) mass is 300 g/mol. The molecule has 0 atom stereocenters. The molecule has 1 heterocycles. The number of nitro benzene ring substituents is 1. The molecule has 0 saturated heterocycles. The molecule has 104 valence electrons. The van der Waals surface area contributed by atoms with E-state index in [1.807, 2.05) is 0 Å². The Bertz CT molecular complexity index is 872. The maximum Gasteiger partial charge on any atom is 0.280 e. The van der Waals surface area contributed by atoms with E-state index in [1.54, 1.807) is 12.1 Å². The van der Waals surface area contributed by atoms with Gasteiger partial charge in [-0.05, 0) is 24.3 Å². The number of hydrogen-bond acceptors (Lipinski definition) is 6. The average molecular weight is 300 g/mol. The van der Waals surface area contributed by atoms with Crippen LogP contribution < -0.4 is 0 Å². The predicted molar refractivity (Wildman–Crippen MR) is 77.8 cm³/mol. The first-order valence-corrected chi connectivity index (χ1v) is 6.75. The number of thiazole rings is 1. The van der Waals surface area contributed by atoms with Gasteiger partial charge in [0.25, 0.3) is 5.69 Å². The highest BCUT2D eigenvalue weighted by atomic mass is 32.1. The van der Waals surface area contributed by atoms with Crippen molar-refractivity contribution < 1.29 is 14.8 Å². The van der Waals surface area contributed by atoms with Gasteiger partial charge in [0.15, 0.2) is 5.01 Å². The van der Waals surface area contributed by atoms with Gasteiger partial charge in [-0.2, -0.15) is 0 Å². The highest BCUT2D eigenvalue weighted by molar-refractivity contribution is 7.20. The molecule has 2 aromatic carbocycles. The standard InChI is InChI=1S/C14H8N2O4S/c17-8-5-6-10-12(7-8)21-14(15-10)13(18)9-3-1-2-4-11(9)16(19)20/h1-7,17H. The molecule has 3 aromatic rings. The number of rotatable bonds is 3. The van der Waals surface area contributed by atoms with Crippen LogP contribution in [0.5, 0.6) is 5.75 Å². The Balaban J connectivity index is 2.10. The van der Waals surface area contributed by atoms with E-state index in [-0.39, 0.29) is 22.0 Å². The molecule has 6 nitrogen and oxygen atoms in total. The van der Waals surface area contributed by atoms with Crippen molar-refractivity contribution in [1.29, 1.82) is 0 Å². The van der Waals surface area contributed by atoms with Crippen LogP contribution in [0.2, 0.25) is 0 Å². The van der Waals surface area contributed by atoms with Gasteiger partial charge in [-0.15, -0.1) is 11.3 Å². The molecule has 1 aromatic heterocycles. The van der Waals surface area contributed by atoms with Crippen molar-refractivity contribution in [3.63, 3.8) is 0 Å². The Morgan fingerprint density at radius 1 is 1.24 bits per heavy atom. The smallest absolute Gasteiger partial charge is 0.280 e. The maximum atomic E-state index is 12.4. The molecule has 0 radical (unpaired) electrons. The molecule has 0 amide bonds. The zero-order valence-electron chi connectivity index (χ0n) is 10.5. The topological polar surface area (TPSA) is 93.3 Å².